The number of nitrogens with one attached hydrogen (secondary N) is 1. The van der Waals surface area contributed by atoms with E-state index in [1.54, 1.807) is 0 Å². The molecule has 1 amide bonds. The van der Waals surface area contributed by atoms with Gasteiger partial charge in [0.1, 0.15) is 0 Å². The van der Waals surface area contributed by atoms with Crippen LogP contribution in [0.15, 0.2) is 24.3 Å². The summed E-state index contributed by atoms with van der Waals surface area (Å²) < 4.78 is 6.45. The van der Waals surface area contributed by atoms with Gasteiger partial charge in [0.25, 0.3) is 0 Å². The first-order valence-electron chi connectivity index (χ1n) is 10.8. The Morgan fingerprint density at radius 2 is 1.85 bits per heavy atom. The molecule has 1 N–H and O–H groups in total. The topological polar surface area (TPSA) is 38.3 Å². The molecule has 2 aliphatic rings. The van der Waals surface area contributed by atoms with Crippen molar-refractivity contribution < 1.29 is 9.53 Å². The van der Waals surface area contributed by atoms with E-state index in [1.165, 1.54) is 6.42 Å². The van der Waals surface area contributed by atoms with Crippen LogP contribution in [0.4, 0.5) is 0 Å². The second-order valence-corrected chi connectivity index (χ2v) is 8.88. The van der Waals surface area contributed by atoms with Crippen molar-refractivity contribution in [3.05, 3.63) is 24.3 Å². The molecule has 0 aromatic heterocycles. The predicted molar refractivity (Wildman–Crippen MR) is 117 cm³/mol. The second kappa shape index (κ2) is 10.4. The molecule has 0 aliphatic heterocycles. The normalized spacial score (nSPS) is 25.8. The van der Waals surface area contributed by atoms with E-state index < -0.39 is 5.60 Å². The summed E-state index contributed by atoms with van der Waals surface area (Å²) >= 11 is 5.55. The predicted octanol–water partition coefficient (Wildman–Crippen LogP) is 5.74. The SMILES string of the molecule is CCC(CC)CC1(OC(=S)C(C)C)C=CC=CC1NC(=O)C1CCCCC1. The van der Waals surface area contributed by atoms with Crippen LogP contribution in [0, 0.1) is 17.8 Å². The zero-order valence-corrected chi connectivity index (χ0v) is 18.3. The van der Waals surface area contributed by atoms with Crippen molar-refractivity contribution in [3.63, 3.8) is 0 Å². The number of rotatable bonds is 8. The van der Waals surface area contributed by atoms with Gasteiger partial charge in [0.2, 0.25) is 5.91 Å². The Kier molecular flexibility index (Phi) is 8.53. The van der Waals surface area contributed by atoms with Crippen molar-refractivity contribution in [1.82, 2.24) is 5.32 Å². The van der Waals surface area contributed by atoms with Gasteiger partial charge in [-0.15, -0.1) is 0 Å². The summed E-state index contributed by atoms with van der Waals surface area (Å²) in [4.78, 5) is 12.9. The first-order valence-corrected chi connectivity index (χ1v) is 11.2. The molecule has 2 atom stereocenters. The molecule has 0 bridgehead atoms. The second-order valence-electron chi connectivity index (χ2n) is 8.48. The van der Waals surface area contributed by atoms with Gasteiger partial charge in [-0.2, -0.15) is 0 Å². The largest absolute Gasteiger partial charge is 0.474 e. The molecule has 1 saturated carbocycles. The lowest BCUT2D eigenvalue weighted by Gasteiger charge is -2.42. The van der Waals surface area contributed by atoms with Crippen LogP contribution in [0.2, 0.25) is 0 Å². The minimum Gasteiger partial charge on any atom is -0.474 e. The lowest BCUT2D eigenvalue weighted by atomic mass is 9.79. The highest BCUT2D eigenvalue weighted by Crippen LogP contribution is 2.35. The van der Waals surface area contributed by atoms with E-state index in [-0.39, 0.29) is 23.8 Å². The summed E-state index contributed by atoms with van der Waals surface area (Å²) in [6.45, 7) is 8.57. The molecular formula is C23H37NO2S. The number of ether oxygens (including phenoxy) is 1. The van der Waals surface area contributed by atoms with Gasteiger partial charge in [0.15, 0.2) is 10.7 Å². The van der Waals surface area contributed by atoms with Crippen LogP contribution in [0.1, 0.15) is 79.1 Å². The minimum atomic E-state index is -0.586. The van der Waals surface area contributed by atoms with Gasteiger partial charge < -0.3 is 10.1 Å². The van der Waals surface area contributed by atoms with E-state index in [2.05, 4.69) is 45.2 Å². The molecule has 152 valence electrons. The Morgan fingerprint density at radius 3 is 2.44 bits per heavy atom. The Hall–Kier alpha value is -1.16. The number of thiocarbonyl (C=S) groups is 1. The van der Waals surface area contributed by atoms with Crippen LogP contribution in [-0.2, 0) is 9.53 Å². The third-order valence-electron chi connectivity index (χ3n) is 6.12. The van der Waals surface area contributed by atoms with Gasteiger partial charge in [-0.05, 0) is 43.5 Å². The van der Waals surface area contributed by atoms with Crippen LogP contribution in [-0.4, -0.2) is 22.6 Å². The van der Waals surface area contributed by atoms with Crippen LogP contribution in [0.3, 0.4) is 0 Å². The van der Waals surface area contributed by atoms with Gasteiger partial charge in [0.05, 0.1) is 6.04 Å². The molecule has 27 heavy (non-hydrogen) atoms. The zero-order chi connectivity index (χ0) is 19.9. The molecule has 0 aromatic rings. The molecule has 0 saturated heterocycles. The zero-order valence-electron chi connectivity index (χ0n) is 17.5. The molecule has 2 aliphatic carbocycles. The number of carbonyl (C=O) groups excluding carboxylic acids is 1. The fraction of sp³-hybridized carbons (Fsp3) is 0.739. The van der Waals surface area contributed by atoms with Crippen molar-refractivity contribution in [2.45, 2.75) is 90.7 Å². The highest BCUT2D eigenvalue weighted by Gasteiger charge is 2.42. The van der Waals surface area contributed by atoms with Crippen molar-refractivity contribution in [1.29, 1.82) is 0 Å². The quantitative estimate of drug-likeness (QED) is 0.536. The van der Waals surface area contributed by atoms with Gasteiger partial charge in [-0.1, -0.05) is 78.0 Å². The number of carbonyl (C=O) groups is 1. The summed E-state index contributed by atoms with van der Waals surface area (Å²) in [5, 5.41) is 3.94. The molecule has 3 nitrogen and oxygen atoms in total. The number of hydrogen-bond donors (Lipinski definition) is 1. The highest BCUT2D eigenvalue weighted by molar-refractivity contribution is 7.80. The summed E-state index contributed by atoms with van der Waals surface area (Å²) in [5.74, 6) is 1.02. The van der Waals surface area contributed by atoms with E-state index in [0.717, 1.165) is 44.9 Å². The smallest absolute Gasteiger partial charge is 0.223 e. The summed E-state index contributed by atoms with van der Waals surface area (Å²) in [6, 6.07) is -0.172. The summed E-state index contributed by atoms with van der Waals surface area (Å²) in [7, 11) is 0. The van der Waals surface area contributed by atoms with Crippen LogP contribution in [0.5, 0.6) is 0 Å². The number of hydrogen-bond acceptors (Lipinski definition) is 3. The first kappa shape index (κ1) is 22.1. The molecule has 0 spiro atoms. The average Bonchev–Trinajstić information content (AvgIpc) is 2.68. The Balaban J connectivity index is 2.23. The highest BCUT2D eigenvalue weighted by atomic mass is 32.1. The third-order valence-corrected chi connectivity index (χ3v) is 6.67. The van der Waals surface area contributed by atoms with E-state index in [1.807, 2.05) is 12.2 Å². The van der Waals surface area contributed by atoms with Gasteiger partial charge >= 0.3 is 0 Å². The minimum absolute atomic E-state index is 0.140. The average molecular weight is 392 g/mol. The number of amides is 1. The molecule has 0 heterocycles. The third kappa shape index (κ3) is 5.91. The Morgan fingerprint density at radius 1 is 1.19 bits per heavy atom. The van der Waals surface area contributed by atoms with Crippen LogP contribution in [0.25, 0.3) is 0 Å². The van der Waals surface area contributed by atoms with E-state index >= 15 is 0 Å². The molecule has 0 radical (unpaired) electrons. The molecule has 2 unspecified atom stereocenters. The van der Waals surface area contributed by atoms with E-state index in [0.29, 0.717) is 11.0 Å². The van der Waals surface area contributed by atoms with Gasteiger partial charge in [-0.3, -0.25) is 4.79 Å². The monoisotopic (exact) mass is 391 g/mol. The molecular weight excluding hydrogens is 354 g/mol. The van der Waals surface area contributed by atoms with Crippen molar-refractivity contribution in [2.24, 2.45) is 17.8 Å². The van der Waals surface area contributed by atoms with Crippen LogP contribution < -0.4 is 5.32 Å². The lowest BCUT2D eigenvalue weighted by Crippen LogP contribution is -2.56. The number of allylic oxidation sites excluding steroid dienone is 2. The maximum Gasteiger partial charge on any atom is 0.223 e. The van der Waals surface area contributed by atoms with Crippen molar-refractivity contribution >= 4 is 23.2 Å². The summed E-state index contributed by atoms with van der Waals surface area (Å²) in [6.07, 6.45) is 16.9. The Bertz CT molecular complexity index is 559. The first-order chi connectivity index (χ1) is 12.9. The molecule has 2 rings (SSSR count). The maximum atomic E-state index is 12.9. The van der Waals surface area contributed by atoms with E-state index in [9.17, 15) is 4.79 Å². The maximum absolute atomic E-state index is 12.9. The van der Waals surface area contributed by atoms with Crippen LogP contribution >= 0.6 is 12.2 Å². The molecule has 0 aromatic carbocycles. The van der Waals surface area contributed by atoms with Gasteiger partial charge in [-0.25, -0.2) is 0 Å². The van der Waals surface area contributed by atoms with Crippen molar-refractivity contribution in [3.8, 4) is 0 Å². The lowest BCUT2D eigenvalue weighted by molar-refractivity contribution is -0.127. The van der Waals surface area contributed by atoms with Crippen molar-refractivity contribution in [2.75, 3.05) is 0 Å². The fourth-order valence-corrected chi connectivity index (χ4v) is 4.29. The van der Waals surface area contributed by atoms with Gasteiger partial charge in [0, 0.05) is 11.8 Å². The molecule has 4 heteroatoms. The fourth-order valence-electron chi connectivity index (χ4n) is 4.13. The molecule has 1 fully saturated rings. The Labute approximate surface area is 171 Å². The van der Waals surface area contributed by atoms with E-state index in [4.69, 9.17) is 17.0 Å². The summed E-state index contributed by atoms with van der Waals surface area (Å²) in [5.41, 5.74) is -0.586. The standard InChI is InChI=1S/C23H37NO2S/c1-5-18(6-2)16-23(26-22(27)17(3)4)15-11-10-14-20(23)24-21(25)19-12-8-7-9-13-19/h10-11,14-15,17-20H,5-9,12-13,16H2,1-4H3,(H,24,25).